The zero-order chi connectivity index (χ0) is 15.2. The maximum Gasteiger partial charge on any atom is 0.415 e. The first kappa shape index (κ1) is 18.0. The number of aliphatic hydroxyl groups is 1. The minimum Gasteiger partial charge on any atom is -0.418 e. The van der Waals surface area contributed by atoms with Gasteiger partial charge in [-0.1, -0.05) is 20.8 Å². The summed E-state index contributed by atoms with van der Waals surface area (Å²) in [5.41, 5.74) is 0. The average Bonchev–Trinajstić information content (AvgIpc) is 2.26. The summed E-state index contributed by atoms with van der Waals surface area (Å²) in [6.45, 7) is 13.6. The molecule has 4 heteroatoms. The van der Waals surface area contributed by atoms with Gasteiger partial charge in [-0.05, 0) is 39.7 Å². The number of hydrogen-bond acceptors (Lipinski definition) is 3. The Kier molecular flexibility index (Phi) is 7.76. The van der Waals surface area contributed by atoms with Gasteiger partial charge in [-0.15, -0.1) is 0 Å². The van der Waals surface area contributed by atoms with Crippen molar-refractivity contribution < 1.29 is 14.6 Å². The lowest BCUT2D eigenvalue weighted by molar-refractivity contribution is 0.0877. The van der Waals surface area contributed by atoms with Crippen molar-refractivity contribution in [1.82, 2.24) is 4.90 Å². The molecular weight excluding hydrogens is 242 g/mol. The van der Waals surface area contributed by atoms with E-state index < -0.39 is 6.10 Å². The summed E-state index contributed by atoms with van der Waals surface area (Å²) in [6, 6.07) is 0.194. The third-order valence-corrected chi connectivity index (χ3v) is 3.10. The lowest BCUT2D eigenvalue weighted by Gasteiger charge is -2.29. The van der Waals surface area contributed by atoms with Gasteiger partial charge in [0.05, 0.1) is 12.4 Å². The predicted octanol–water partition coefficient (Wildman–Crippen LogP) is 3.41. The van der Waals surface area contributed by atoms with E-state index in [1.54, 1.807) is 11.0 Å². The van der Waals surface area contributed by atoms with Gasteiger partial charge in [0, 0.05) is 18.0 Å². The molecule has 0 aromatic carbocycles. The van der Waals surface area contributed by atoms with Crippen LogP contribution in [0.4, 0.5) is 4.79 Å². The van der Waals surface area contributed by atoms with Crippen LogP contribution in [0, 0.1) is 11.8 Å². The second kappa shape index (κ2) is 8.20. The van der Waals surface area contributed by atoms with Crippen LogP contribution in [0.2, 0.25) is 0 Å². The van der Waals surface area contributed by atoms with E-state index in [2.05, 4.69) is 0 Å². The number of hydrogen-bond donors (Lipinski definition) is 1. The van der Waals surface area contributed by atoms with E-state index in [1.165, 1.54) is 6.26 Å². The molecule has 0 bridgehead atoms. The highest BCUT2D eigenvalue weighted by Crippen LogP contribution is 2.14. The third-order valence-electron chi connectivity index (χ3n) is 3.10. The van der Waals surface area contributed by atoms with Crippen molar-refractivity contribution in [2.24, 2.45) is 11.8 Å². The molecule has 0 aromatic rings. The Hall–Kier alpha value is -1.03. The van der Waals surface area contributed by atoms with E-state index in [0.29, 0.717) is 0 Å². The summed E-state index contributed by atoms with van der Waals surface area (Å²) >= 11 is 0. The Labute approximate surface area is 117 Å². The molecule has 19 heavy (non-hydrogen) atoms. The summed E-state index contributed by atoms with van der Waals surface area (Å²) in [7, 11) is 0. The van der Waals surface area contributed by atoms with E-state index in [-0.39, 0.29) is 30.0 Å². The highest BCUT2D eigenvalue weighted by Gasteiger charge is 2.21. The van der Waals surface area contributed by atoms with Crippen LogP contribution in [0.5, 0.6) is 0 Å². The van der Waals surface area contributed by atoms with E-state index in [4.69, 9.17) is 4.74 Å². The number of carbonyl (C=O) groups is 1. The number of amides is 1. The Morgan fingerprint density at radius 2 is 1.53 bits per heavy atom. The molecule has 0 aliphatic carbocycles. The fraction of sp³-hybridized carbons (Fsp3) is 0.800. The van der Waals surface area contributed by atoms with E-state index in [1.807, 2.05) is 48.5 Å². The fourth-order valence-corrected chi connectivity index (χ4v) is 2.02. The Balaban J connectivity index is 4.43. The quantitative estimate of drug-likeness (QED) is 0.753. The maximum absolute atomic E-state index is 11.9. The van der Waals surface area contributed by atoms with Crippen LogP contribution in [0.15, 0.2) is 12.3 Å². The van der Waals surface area contributed by atoms with E-state index in [0.717, 1.165) is 0 Å². The maximum atomic E-state index is 11.9. The monoisotopic (exact) mass is 271 g/mol. The first-order valence-corrected chi connectivity index (χ1v) is 7.02. The van der Waals surface area contributed by atoms with Gasteiger partial charge in [-0.3, -0.25) is 0 Å². The predicted molar refractivity (Wildman–Crippen MR) is 77.7 cm³/mol. The van der Waals surface area contributed by atoms with Crippen LogP contribution in [-0.4, -0.2) is 34.3 Å². The van der Waals surface area contributed by atoms with Crippen LogP contribution in [0.3, 0.4) is 0 Å². The normalized spacial score (nSPS) is 15.3. The van der Waals surface area contributed by atoms with Crippen molar-refractivity contribution >= 4 is 6.09 Å². The van der Waals surface area contributed by atoms with Crippen molar-refractivity contribution in [3.63, 3.8) is 0 Å². The number of aliphatic hydroxyl groups excluding tert-OH is 1. The minimum absolute atomic E-state index is 0.0423. The molecule has 0 rings (SSSR count). The van der Waals surface area contributed by atoms with Crippen molar-refractivity contribution in [1.29, 1.82) is 0 Å². The number of ether oxygens (including phenoxy) is 1. The minimum atomic E-state index is -0.429. The molecule has 0 heterocycles. The van der Waals surface area contributed by atoms with Gasteiger partial charge in [-0.2, -0.15) is 0 Å². The highest BCUT2D eigenvalue weighted by molar-refractivity contribution is 5.68. The molecule has 0 unspecified atom stereocenters. The molecule has 2 atom stereocenters. The van der Waals surface area contributed by atoms with Crippen LogP contribution in [0.25, 0.3) is 0 Å². The van der Waals surface area contributed by atoms with Crippen LogP contribution < -0.4 is 0 Å². The molecule has 4 nitrogen and oxygen atoms in total. The Bertz CT molecular complexity index is 290. The molecule has 0 aliphatic rings. The SMILES string of the molecule is CC(C)[C@@H](O)[C@H](C)/C=C/OC(=O)N(C(C)C)C(C)C. The summed E-state index contributed by atoms with van der Waals surface area (Å²) in [6.07, 6.45) is 2.33. The molecule has 0 saturated carbocycles. The molecule has 0 aromatic heterocycles. The van der Waals surface area contributed by atoms with Crippen LogP contribution >= 0.6 is 0 Å². The molecule has 112 valence electrons. The summed E-state index contributed by atoms with van der Waals surface area (Å²) in [5.74, 6) is 0.137. The largest absolute Gasteiger partial charge is 0.418 e. The summed E-state index contributed by atoms with van der Waals surface area (Å²) in [4.78, 5) is 13.6. The smallest absolute Gasteiger partial charge is 0.415 e. The number of nitrogens with zero attached hydrogens (tertiary/aromatic N) is 1. The summed E-state index contributed by atoms with van der Waals surface area (Å²) < 4.78 is 5.12. The number of carbonyl (C=O) groups excluding carboxylic acids is 1. The molecule has 1 amide bonds. The standard InChI is InChI=1S/C15H29NO3/c1-10(2)14(17)13(7)8-9-19-15(18)16(11(3)4)12(5)6/h8-14,17H,1-7H3/b9-8+/t13-,14-/m1/s1. The second-order valence-corrected chi connectivity index (χ2v) is 5.90. The molecule has 0 radical (unpaired) electrons. The molecule has 0 fully saturated rings. The van der Waals surface area contributed by atoms with Crippen molar-refractivity contribution in [3.05, 3.63) is 12.3 Å². The van der Waals surface area contributed by atoms with Gasteiger partial charge in [0.25, 0.3) is 0 Å². The first-order valence-electron chi connectivity index (χ1n) is 7.02. The van der Waals surface area contributed by atoms with Gasteiger partial charge < -0.3 is 14.7 Å². The van der Waals surface area contributed by atoms with Crippen molar-refractivity contribution in [2.45, 2.75) is 66.7 Å². The molecular formula is C15H29NO3. The topological polar surface area (TPSA) is 49.8 Å². The van der Waals surface area contributed by atoms with Crippen LogP contribution in [-0.2, 0) is 4.74 Å². The first-order chi connectivity index (χ1) is 8.68. The van der Waals surface area contributed by atoms with Gasteiger partial charge in [-0.25, -0.2) is 4.79 Å². The Morgan fingerprint density at radius 1 is 1.05 bits per heavy atom. The lowest BCUT2D eigenvalue weighted by atomic mass is 9.95. The molecule has 0 spiro atoms. The van der Waals surface area contributed by atoms with Gasteiger partial charge in [0.15, 0.2) is 0 Å². The average molecular weight is 271 g/mol. The van der Waals surface area contributed by atoms with Crippen molar-refractivity contribution in [3.8, 4) is 0 Å². The molecule has 0 aliphatic heterocycles. The van der Waals surface area contributed by atoms with E-state index in [9.17, 15) is 9.90 Å². The third kappa shape index (κ3) is 6.10. The number of rotatable bonds is 6. The molecule has 0 saturated heterocycles. The lowest BCUT2D eigenvalue weighted by Crippen LogP contribution is -2.41. The zero-order valence-corrected chi connectivity index (χ0v) is 13.3. The van der Waals surface area contributed by atoms with Gasteiger partial charge in [0.2, 0.25) is 0 Å². The van der Waals surface area contributed by atoms with Crippen molar-refractivity contribution in [2.75, 3.05) is 0 Å². The molecule has 1 N–H and O–H groups in total. The second-order valence-electron chi connectivity index (χ2n) is 5.90. The summed E-state index contributed by atoms with van der Waals surface area (Å²) in [5, 5.41) is 9.84. The van der Waals surface area contributed by atoms with E-state index >= 15 is 0 Å². The van der Waals surface area contributed by atoms with Crippen LogP contribution in [0.1, 0.15) is 48.5 Å². The Morgan fingerprint density at radius 3 is 1.89 bits per heavy atom. The zero-order valence-electron chi connectivity index (χ0n) is 13.3. The van der Waals surface area contributed by atoms with Gasteiger partial charge in [0.1, 0.15) is 0 Å². The van der Waals surface area contributed by atoms with Gasteiger partial charge >= 0.3 is 6.09 Å². The fourth-order valence-electron chi connectivity index (χ4n) is 2.02. The highest BCUT2D eigenvalue weighted by atomic mass is 16.5.